The fraction of sp³-hybridized carbons (Fsp3) is 1.00. The van der Waals surface area contributed by atoms with E-state index in [0.29, 0.717) is 0 Å². The molecular weight excluding hydrogens is 278 g/mol. The molecule has 0 bridgehead atoms. The molecule has 0 fully saturated rings. The van der Waals surface area contributed by atoms with Crippen molar-refractivity contribution in [1.82, 2.24) is 0 Å². The van der Waals surface area contributed by atoms with Crippen LogP contribution in [0.1, 0.15) is 0 Å². The van der Waals surface area contributed by atoms with Crippen molar-refractivity contribution in [2.45, 2.75) is 0 Å². The average molecular weight is 316 g/mol. The molecule has 0 aromatic heterocycles. The van der Waals surface area contributed by atoms with E-state index in [1.165, 1.54) is 0 Å². The maximum absolute atomic E-state index is 8.69. The van der Waals surface area contributed by atoms with Crippen LogP contribution in [0.2, 0.25) is 0 Å². The third kappa shape index (κ3) is 1290000. The van der Waals surface area contributed by atoms with Crippen LogP contribution in [0.3, 0.4) is 0 Å². The Morgan fingerprint density at radius 3 is 0.500 bits per heavy atom. The van der Waals surface area contributed by atoms with Gasteiger partial charge in [0.25, 0.3) is 0 Å². The van der Waals surface area contributed by atoms with Gasteiger partial charge in [-0.05, 0) is 0 Å². The number of hydrogen-bond donors (Lipinski definition) is 1. The van der Waals surface area contributed by atoms with Crippen molar-refractivity contribution in [3.8, 4) is 0 Å². The summed E-state index contributed by atoms with van der Waals surface area (Å²) in [6.45, 7) is 0. The van der Waals surface area contributed by atoms with Crippen LogP contribution in [-0.2, 0) is 0 Å². The van der Waals surface area contributed by atoms with Crippen LogP contribution in [0.4, 0.5) is 0 Å². The molecule has 0 aliphatic rings. The fourth-order valence-electron chi connectivity index (χ4n) is 0. The van der Waals surface area contributed by atoms with Crippen molar-refractivity contribution >= 4 is 9.05 Å². The Hall–Kier alpha value is -0.0631. The normalized spacial score (nSPS) is 12.0. The van der Waals surface area contributed by atoms with Gasteiger partial charge in [0.15, 0.2) is 0 Å². The average Bonchev–Trinajstić information content (AvgIpc) is 1.62. The summed E-state index contributed by atoms with van der Waals surface area (Å²) < 4.78 is 3.00. The van der Waals surface area contributed by atoms with E-state index in [1.54, 1.807) is 0 Å². The molecule has 128 valence electrons. The lowest BCUT2D eigenvalue weighted by Crippen LogP contribution is -2.73. The summed E-state index contributed by atoms with van der Waals surface area (Å²) in [4.78, 5) is 33.1. The molecule has 0 spiro atoms. The van der Waals surface area contributed by atoms with Crippen LogP contribution in [-0.4, -0.2) is 112 Å². The number of rotatable bonds is 0. The summed E-state index contributed by atoms with van der Waals surface area (Å²) in [7, 11) is 20.1. The van der Waals surface area contributed by atoms with E-state index in [1.807, 2.05) is 0 Å². The minimum atomic E-state index is -5.36. The summed E-state index contributed by atoms with van der Waals surface area (Å²) >= 11 is 0. The quantitative estimate of drug-likeness (QED) is 0.370. The van der Waals surface area contributed by atoms with E-state index in [-0.39, 0.29) is 0 Å². The molecule has 0 aliphatic carbocycles. The molecule has 8 heteroatoms. The van der Waals surface area contributed by atoms with E-state index in [0.717, 1.165) is 13.4 Å². The van der Waals surface area contributed by atoms with Crippen LogP contribution < -0.4 is 14.4 Å². The van der Waals surface area contributed by atoms with Crippen LogP contribution >= 0.6 is 0 Å². The molecule has 0 aliphatic heterocycles. The standard InChI is InChI=1S/3C4H12N.HO4Si/c4*1-5(2,3)4/h3*1-4H3;1H/q3*+1;-3. The molecule has 0 aromatic rings. The number of hydrogen-bond acceptors (Lipinski definition) is 4. The summed E-state index contributed by atoms with van der Waals surface area (Å²) in [5.74, 6) is 0. The minimum Gasteiger partial charge on any atom is -0.861 e. The lowest BCUT2D eigenvalue weighted by molar-refractivity contribution is -0.849. The van der Waals surface area contributed by atoms with E-state index in [9.17, 15) is 0 Å². The molecule has 0 heterocycles. The Morgan fingerprint density at radius 1 is 0.500 bits per heavy atom. The van der Waals surface area contributed by atoms with Gasteiger partial charge in [-0.25, -0.2) is 0 Å². The summed E-state index contributed by atoms with van der Waals surface area (Å²) in [6.07, 6.45) is 0. The first-order valence-corrected chi connectivity index (χ1v) is 7.87. The Labute approximate surface area is 127 Å². The minimum absolute atomic E-state index is 1.00. The van der Waals surface area contributed by atoms with Crippen LogP contribution in [0.15, 0.2) is 0 Å². The molecule has 0 saturated carbocycles. The molecule has 0 rings (SSSR count). The third-order valence-corrected chi connectivity index (χ3v) is 0. The van der Waals surface area contributed by atoms with Gasteiger partial charge in [0.05, 0.1) is 84.6 Å². The second kappa shape index (κ2) is 10.6. The van der Waals surface area contributed by atoms with Gasteiger partial charge in [0.2, 0.25) is 0 Å². The van der Waals surface area contributed by atoms with Gasteiger partial charge in [-0.1, -0.05) is 0 Å². The lowest BCUT2D eigenvalue weighted by atomic mass is 10.8. The van der Waals surface area contributed by atoms with Gasteiger partial charge in [-0.2, -0.15) is 0 Å². The van der Waals surface area contributed by atoms with Gasteiger partial charge >= 0.3 is 0 Å². The Morgan fingerprint density at radius 2 is 0.500 bits per heavy atom. The van der Waals surface area contributed by atoms with Crippen LogP contribution in [0, 0.1) is 0 Å². The molecule has 0 atom stereocenters. The molecule has 0 amide bonds. The van der Waals surface area contributed by atoms with Crippen molar-refractivity contribution in [3.63, 3.8) is 0 Å². The van der Waals surface area contributed by atoms with Gasteiger partial charge in [-0.3, -0.25) is 0 Å². The van der Waals surface area contributed by atoms with Crippen molar-refractivity contribution in [2.75, 3.05) is 84.6 Å². The van der Waals surface area contributed by atoms with Gasteiger partial charge < -0.3 is 32.6 Å². The molecule has 0 radical (unpaired) electrons. The van der Waals surface area contributed by atoms with Gasteiger partial charge in [0, 0.05) is 0 Å². The van der Waals surface area contributed by atoms with Crippen LogP contribution in [0.25, 0.3) is 0 Å². The Bertz CT molecular complexity index is 141. The molecular formula is C12H37N3O4Si. The van der Waals surface area contributed by atoms with Crippen molar-refractivity contribution in [3.05, 3.63) is 0 Å². The SMILES string of the molecule is C[N+](C)(C)C.C[N+](C)(C)C.C[N+](C)(C)C.[O-][Si]([O-])([O-])O. The van der Waals surface area contributed by atoms with E-state index in [2.05, 4.69) is 84.6 Å². The Balaban J connectivity index is -0.0000000853. The molecule has 0 saturated heterocycles. The second-order valence-electron chi connectivity index (χ2n) is 8.57. The zero-order valence-electron chi connectivity index (χ0n) is 15.5. The van der Waals surface area contributed by atoms with E-state index >= 15 is 0 Å². The van der Waals surface area contributed by atoms with Crippen molar-refractivity contribution in [1.29, 1.82) is 0 Å². The molecule has 1 N–H and O–H groups in total. The predicted molar refractivity (Wildman–Crippen MR) is 79.8 cm³/mol. The molecule has 0 unspecified atom stereocenters. The van der Waals surface area contributed by atoms with Gasteiger partial charge in [0.1, 0.15) is 0 Å². The van der Waals surface area contributed by atoms with Crippen molar-refractivity contribution < 1.29 is 32.6 Å². The highest BCUT2D eigenvalue weighted by molar-refractivity contribution is 6.40. The maximum atomic E-state index is 8.69. The van der Waals surface area contributed by atoms with Crippen LogP contribution in [0.5, 0.6) is 0 Å². The largest absolute Gasteiger partial charge is 0.861 e. The highest BCUT2D eigenvalue weighted by Crippen LogP contribution is 1.74. The highest BCUT2D eigenvalue weighted by atomic mass is 28.4. The summed E-state index contributed by atoms with van der Waals surface area (Å²) in [5.41, 5.74) is 0. The van der Waals surface area contributed by atoms with E-state index in [4.69, 9.17) is 19.2 Å². The predicted octanol–water partition coefficient (Wildman–Crippen LogP) is -3.54. The van der Waals surface area contributed by atoms with Crippen molar-refractivity contribution in [2.24, 2.45) is 0 Å². The van der Waals surface area contributed by atoms with E-state index < -0.39 is 9.05 Å². The summed E-state index contributed by atoms with van der Waals surface area (Å²) in [6, 6.07) is 0. The number of nitrogens with zero attached hydrogens (tertiary/aromatic N) is 3. The fourth-order valence-corrected chi connectivity index (χ4v) is 0. The first-order chi connectivity index (χ1) is 8.00. The van der Waals surface area contributed by atoms with Gasteiger partial charge in [-0.15, -0.1) is 9.05 Å². The molecule has 0 aromatic carbocycles. The topological polar surface area (TPSA) is 89.4 Å². The first kappa shape index (κ1) is 28.1. The highest BCUT2D eigenvalue weighted by Gasteiger charge is 1.89. The zero-order chi connectivity index (χ0) is 18.0. The number of quaternary nitrogens is 3. The first-order valence-electron chi connectivity index (χ1n) is 6.20. The monoisotopic (exact) mass is 315 g/mol. The second-order valence-corrected chi connectivity index (χ2v) is 9.62. The molecule has 20 heavy (non-hydrogen) atoms. The molecule has 7 nitrogen and oxygen atoms in total. The maximum Gasteiger partial charge on any atom is 0.0675 e. The lowest BCUT2D eigenvalue weighted by Gasteiger charge is -2.48. The Kier molecular flexibility index (Phi) is 15.0. The summed E-state index contributed by atoms with van der Waals surface area (Å²) in [5, 5.41) is 0. The third-order valence-electron chi connectivity index (χ3n) is 0. The zero-order valence-corrected chi connectivity index (χ0v) is 16.5. The smallest absolute Gasteiger partial charge is 0.0675 e.